The number of halogens is 1. The summed E-state index contributed by atoms with van der Waals surface area (Å²) in [6.45, 7) is 2.05. The average Bonchev–Trinajstić information content (AvgIpc) is 3.04. The van der Waals surface area contributed by atoms with Gasteiger partial charge in [-0.3, -0.25) is 4.90 Å². The second-order valence-corrected chi connectivity index (χ2v) is 5.82. The summed E-state index contributed by atoms with van der Waals surface area (Å²) in [4.78, 5) is 26.8. The second-order valence-electron chi connectivity index (χ2n) is 5.42. The molecule has 0 fully saturated rings. The number of aromatic nitrogens is 4. The molecule has 0 atom stereocenters. The molecule has 0 saturated heterocycles. The predicted octanol–water partition coefficient (Wildman–Crippen LogP) is 2.29. The number of rotatable bonds is 4. The molecular formula is C17H16ClN5O4. The largest absolute Gasteiger partial charge is 0.506 e. The summed E-state index contributed by atoms with van der Waals surface area (Å²) >= 11 is 6.04. The Balaban J connectivity index is 2.00. The van der Waals surface area contributed by atoms with Gasteiger partial charge in [-0.25, -0.2) is 9.59 Å². The van der Waals surface area contributed by atoms with Crippen molar-refractivity contribution in [3.05, 3.63) is 58.0 Å². The van der Waals surface area contributed by atoms with Crippen molar-refractivity contribution in [2.24, 2.45) is 0 Å². The highest BCUT2D eigenvalue weighted by atomic mass is 35.5. The van der Waals surface area contributed by atoms with Crippen molar-refractivity contribution in [1.82, 2.24) is 19.8 Å². The smallest absolute Gasteiger partial charge is 0.377 e. The van der Waals surface area contributed by atoms with Gasteiger partial charge in [-0.1, -0.05) is 17.7 Å². The van der Waals surface area contributed by atoms with E-state index < -0.39 is 11.7 Å². The molecule has 1 aromatic heterocycles. The van der Waals surface area contributed by atoms with Gasteiger partial charge in [0.1, 0.15) is 17.2 Å². The highest BCUT2D eigenvalue weighted by molar-refractivity contribution is 6.32. The lowest BCUT2D eigenvalue weighted by atomic mass is 10.3. The molecule has 2 aromatic carbocycles. The minimum absolute atomic E-state index is 0.0456. The first-order chi connectivity index (χ1) is 13.0. The zero-order valence-electron chi connectivity index (χ0n) is 14.5. The number of hydrogen-bond acceptors (Lipinski definition) is 6. The lowest BCUT2D eigenvalue weighted by molar-refractivity contribution is 0.244. The van der Waals surface area contributed by atoms with Gasteiger partial charge >= 0.3 is 11.7 Å². The number of phenols is 1. The molecule has 3 aromatic rings. The molecule has 1 heterocycles. The van der Waals surface area contributed by atoms with E-state index in [9.17, 15) is 14.7 Å². The van der Waals surface area contributed by atoms with E-state index >= 15 is 0 Å². The van der Waals surface area contributed by atoms with Gasteiger partial charge in [-0.15, -0.1) is 4.68 Å². The third-order valence-corrected chi connectivity index (χ3v) is 4.18. The molecule has 0 aliphatic heterocycles. The highest BCUT2D eigenvalue weighted by Gasteiger charge is 2.23. The minimum Gasteiger partial charge on any atom is -0.506 e. The molecule has 0 aliphatic rings. The standard InChI is InChI=1S/C17H16ClN5O4/c1-3-21(11-7-9-12(27-2)10-8-11)16(25)23-17(26)22(19-20-23)15-13(18)5-4-6-14(15)24/h4-10,24H,3H2,1-2H3. The van der Waals surface area contributed by atoms with Crippen LogP contribution in [0, 0.1) is 0 Å². The first-order valence-corrected chi connectivity index (χ1v) is 8.34. The summed E-state index contributed by atoms with van der Waals surface area (Å²) in [5.74, 6) is 0.381. The second kappa shape index (κ2) is 7.50. The van der Waals surface area contributed by atoms with E-state index in [1.165, 1.54) is 23.1 Å². The van der Waals surface area contributed by atoms with Gasteiger partial charge in [-0.05, 0) is 53.7 Å². The summed E-state index contributed by atoms with van der Waals surface area (Å²) in [5.41, 5.74) is -0.337. The Morgan fingerprint density at radius 3 is 2.52 bits per heavy atom. The maximum Gasteiger partial charge on any atom is 0.377 e. The number of para-hydroxylation sites is 1. The molecule has 3 rings (SSSR count). The predicted molar refractivity (Wildman–Crippen MR) is 99.1 cm³/mol. The summed E-state index contributed by atoms with van der Waals surface area (Å²) in [6.07, 6.45) is 0. The van der Waals surface area contributed by atoms with Gasteiger partial charge in [-0.2, -0.15) is 4.68 Å². The third-order valence-electron chi connectivity index (χ3n) is 3.87. The van der Waals surface area contributed by atoms with Crippen LogP contribution in [-0.2, 0) is 0 Å². The number of hydrogen-bond donors (Lipinski definition) is 1. The molecule has 1 N–H and O–H groups in total. The molecule has 27 heavy (non-hydrogen) atoms. The fourth-order valence-corrected chi connectivity index (χ4v) is 2.77. The van der Waals surface area contributed by atoms with Gasteiger partial charge < -0.3 is 9.84 Å². The van der Waals surface area contributed by atoms with Crippen LogP contribution < -0.4 is 15.3 Å². The van der Waals surface area contributed by atoms with Crippen molar-refractivity contribution >= 4 is 23.3 Å². The maximum absolute atomic E-state index is 12.8. The van der Waals surface area contributed by atoms with Crippen LogP contribution in [0.2, 0.25) is 5.02 Å². The van der Waals surface area contributed by atoms with E-state index in [4.69, 9.17) is 16.3 Å². The van der Waals surface area contributed by atoms with Gasteiger partial charge in [0.05, 0.1) is 12.1 Å². The van der Waals surface area contributed by atoms with Crippen molar-refractivity contribution in [3.63, 3.8) is 0 Å². The molecule has 0 unspecified atom stereocenters. The third kappa shape index (κ3) is 3.36. The van der Waals surface area contributed by atoms with E-state index in [1.54, 1.807) is 38.3 Å². The molecule has 140 valence electrons. The summed E-state index contributed by atoms with van der Waals surface area (Å²) in [6, 6.07) is 10.4. The van der Waals surface area contributed by atoms with Crippen LogP contribution in [0.15, 0.2) is 47.3 Å². The Morgan fingerprint density at radius 1 is 1.22 bits per heavy atom. The number of amides is 1. The maximum atomic E-state index is 12.8. The van der Waals surface area contributed by atoms with Gasteiger partial charge in [0, 0.05) is 12.2 Å². The van der Waals surface area contributed by atoms with Crippen molar-refractivity contribution < 1.29 is 14.6 Å². The number of carbonyl (C=O) groups excluding carboxylic acids is 1. The van der Waals surface area contributed by atoms with E-state index in [2.05, 4.69) is 10.4 Å². The SMILES string of the molecule is CCN(C(=O)n1nnn(-c2c(O)cccc2Cl)c1=O)c1ccc(OC)cc1. The van der Waals surface area contributed by atoms with E-state index in [-0.39, 0.29) is 16.5 Å². The molecule has 9 nitrogen and oxygen atoms in total. The molecule has 0 spiro atoms. The topological polar surface area (TPSA) is 102 Å². The average molecular weight is 390 g/mol. The highest BCUT2D eigenvalue weighted by Crippen LogP contribution is 2.27. The Hall–Kier alpha value is -3.33. The number of carbonyl (C=O) groups is 1. The van der Waals surface area contributed by atoms with Crippen molar-refractivity contribution in [3.8, 4) is 17.2 Å². The van der Waals surface area contributed by atoms with Crippen LogP contribution in [0.4, 0.5) is 10.5 Å². The molecule has 1 amide bonds. The molecular weight excluding hydrogens is 374 g/mol. The van der Waals surface area contributed by atoms with Gasteiger partial charge in [0.15, 0.2) is 0 Å². The Labute approximate surface area is 158 Å². The van der Waals surface area contributed by atoms with Gasteiger partial charge in [0.2, 0.25) is 0 Å². The van der Waals surface area contributed by atoms with E-state index in [0.717, 1.165) is 4.68 Å². The van der Waals surface area contributed by atoms with E-state index in [0.29, 0.717) is 22.7 Å². The fourth-order valence-electron chi connectivity index (χ4n) is 2.53. The number of phenolic OH excluding ortho intramolecular Hbond substituents is 1. The monoisotopic (exact) mass is 389 g/mol. The Morgan fingerprint density at radius 2 is 1.93 bits per heavy atom. The van der Waals surface area contributed by atoms with Crippen LogP contribution in [0.1, 0.15) is 6.92 Å². The van der Waals surface area contributed by atoms with Crippen molar-refractivity contribution in [1.29, 1.82) is 0 Å². The zero-order chi connectivity index (χ0) is 19.6. The fraction of sp³-hybridized carbons (Fsp3) is 0.176. The van der Waals surface area contributed by atoms with Crippen molar-refractivity contribution in [2.45, 2.75) is 6.92 Å². The number of anilines is 1. The number of nitrogens with zero attached hydrogens (tertiary/aromatic N) is 5. The lowest BCUT2D eigenvalue weighted by Gasteiger charge is -2.19. The van der Waals surface area contributed by atoms with Crippen LogP contribution in [-0.4, -0.2) is 44.6 Å². The Kier molecular flexibility index (Phi) is 5.13. The summed E-state index contributed by atoms with van der Waals surface area (Å²) in [5, 5.41) is 17.4. The molecule has 0 bridgehead atoms. The normalized spacial score (nSPS) is 10.6. The lowest BCUT2D eigenvalue weighted by Crippen LogP contribution is -2.41. The zero-order valence-corrected chi connectivity index (χ0v) is 15.3. The number of methoxy groups -OCH3 is 1. The van der Waals surface area contributed by atoms with Crippen LogP contribution in [0.5, 0.6) is 11.5 Å². The number of tetrazole rings is 1. The summed E-state index contributed by atoms with van der Waals surface area (Å²) in [7, 11) is 1.54. The van der Waals surface area contributed by atoms with E-state index in [1.807, 2.05) is 0 Å². The van der Waals surface area contributed by atoms with Crippen molar-refractivity contribution in [2.75, 3.05) is 18.6 Å². The van der Waals surface area contributed by atoms with Crippen LogP contribution in [0.3, 0.4) is 0 Å². The van der Waals surface area contributed by atoms with Crippen LogP contribution >= 0.6 is 11.6 Å². The Bertz CT molecular complexity index is 1010. The van der Waals surface area contributed by atoms with Gasteiger partial charge in [0.25, 0.3) is 0 Å². The molecule has 10 heteroatoms. The van der Waals surface area contributed by atoms with Crippen LogP contribution in [0.25, 0.3) is 5.69 Å². The molecule has 0 radical (unpaired) electrons. The first kappa shape index (κ1) is 18.5. The molecule has 0 aliphatic carbocycles. The number of aromatic hydroxyl groups is 1. The minimum atomic E-state index is -0.852. The number of ether oxygens (including phenoxy) is 1. The summed E-state index contributed by atoms with van der Waals surface area (Å²) < 4.78 is 6.48. The first-order valence-electron chi connectivity index (χ1n) is 7.96. The molecule has 0 saturated carbocycles. The quantitative estimate of drug-likeness (QED) is 0.687. The number of benzene rings is 2.